The molecule has 25 heavy (non-hydrogen) atoms. The molecule has 1 aromatic carbocycles. The van der Waals surface area contributed by atoms with Gasteiger partial charge in [0, 0.05) is 26.5 Å². The summed E-state index contributed by atoms with van der Waals surface area (Å²) in [5.74, 6) is 1.53. The third kappa shape index (κ3) is 4.15. The fraction of sp³-hybridized carbons (Fsp3) is 0.278. The fourth-order valence-electron chi connectivity index (χ4n) is 2.64. The maximum absolute atomic E-state index is 12.4. The fourth-order valence-corrected chi connectivity index (χ4v) is 4.62. The van der Waals surface area contributed by atoms with Gasteiger partial charge in [-0.05, 0) is 59.0 Å². The van der Waals surface area contributed by atoms with Crippen LogP contribution in [0.5, 0.6) is 0 Å². The molecule has 1 saturated carbocycles. The van der Waals surface area contributed by atoms with E-state index >= 15 is 0 Å². The van der Waals surface area contributed by atoms with Crippen LogP contribution in [0.15, 0.2) is 46.9 Å². The zero-order valence-corrected chi connectivity index (χ0v) is 17.2. The smallest absolute Gasteiger partial charge is 0.191 e. The average Bonchev–Trinajstić information content (AvgIpc) is 3.17. The molecule has 0 unspecified atom stereocenters. The van der Waals surface area contributed by atoms with E-state index in [2.05, 4.69) is 54.9 Å². The Morgan fingerprint density at radius 2 is 2.04 bits per heavy atom. The Kier molecular flexibility index (Phi) is 5.23. The quantitative estimate of drug-likeness (QED) is 0.275. The van der Waals surface area contributed by atoms with Crippen molar-refractivity contribution in [1.29, 1.82) is 0 Å². The molecule has 1 aliphatic rings. The number of aromatic nitrogens is 3. The Labute approximate surface area is 168 Å². The summed E-state index contributed by atoms with van der Waals surface area (Å²) in [5, 5.41) is 11.7. The van der Waals surface area contributed by atoms with Crippen LogP contribution in [0.25, 0.3) is 0 Å². The number of nitrogens with zero attached hydrogens (tertiary/aromatic N) is 3. The van der Waals surface area contributed by atoms with Gasteiger partial charge in [0.05, 0.1) is 5.75 Å². The second kappa shape index (κ2) is 7.59. The molecular formula is C18H16IN3OS2. The van der Waals surface area contributed by atoms with Crippen LogP contribution in [-0.2, 0) is 6.42 Å². The molecule has 2 aromatic heterocycles. The number of hydrogen-bond acceptors (Lipinski definition) is 5. The molecule has 0 radical (unpaired) electrons. The van der Waals surface area contributed by atoms with E-state index in [0.717, 1.165) is 26.5 Å². The van der Waals surface area contributed by atoms with Crippen LogP contribution in [0.1, 0.15) is 39.9 Å². The standard InChI is InChI=1S/C18H16IN3OS2/c19-13-5-3-12(4-6-13)16(23)11-25-18-21-20-17(22(18)14-7-8-14)10-15-2-1-9-24-15/h1-6,9,14H,7-8,10-11H2. The van der Waals surface area contributed by atoms with Crippen LogP contribution < -0.4 is 0 Å². The monoisotopic (exact) mass is 481 g/mol. The minimum atomic E-state index is 0.131. The highest BCUT2D eigenvalue weighted by Crippen LogP contribution is 2.39. The number of thioether (sulfide) groups is 1. The van der Waals surface area contributed by atoms with Gasteiger partial charge >= 0.3 is 0 Å². The van der Waals surface area contributed by atoms with Crippen LogP contribution in [0.4, 0.5) is 0 Å². The highest BCUT2D eigenvalue weighted by molar-refractivity contribution is 14.1. The van der Waals surface area contributed by atoms with Gasteiger partial charge in [-0.25, -0.2) is 0 Å². The summed E-state index contributed by atoms with van der Waals surface area (Å²) in [5.41, 5.74) is 0.754. The molecule has 2 heterocycles. The second-order valence-electron chi connectivity index (χ2n) is 5.97. The van der Waals surface area contributed by atoms with Crippen LogP contribution >= 0.6 is 45.7 Å². The van der Waals surface area contributed by atoms with Crippen LogP contribution in [0.3, 0.4) is 0 Å². The summed E-state index contributed by atoms with van der Waals surface area (Å²) in [4.78, 5) is 13.7. The molecule has 128 valence electrons. The lowest BCUT2D eigenvalue weighted by Crippen LogP contribution is -2.06. The van der Waals surface area contributed by atoms with Crippen molar-refractivity contribution in [1.82, 2.24) is 14.8 Å². The average molecular weight is 481 g/mol. The SMILES string of the molecule is O=C(CSc1nnc(Cc2cccs2)n1C1CC1)c1ccc(I)cc1. The molecule has 3 aromatic rings. The van der Waals surface area contributed by atoms with Crippen molar-refractivity contribution in [3.63, 3.8) is 0 Å². The van der Waals surface area contributed by atoms with Gasteiger partial charge in [0.2, 0.25) is 0 Å². The molecule has 0 bridgehead atoms. The van der Waals surface area contributed by atoms with E-state index < -0.39 is 0 Å². The van der Waals surface area contributed by atoms with Crippen molar-refractivity contribution >= 4 is 51.5 Å². The second-order valence-corrected chi connectivity index (χ2v) is 9.20. The molecule has 0 N–H and O–H groups in total. The lowest BCUT2D eigenvalue weighted by molar-refractivity contribution is 0.102. The number of ketones is 1. The largest absolute Gasteiger partial charge is 0.303 e. The summed E-state index contributed by atoms with van der Waals surface area (Å²) >= 11 is 5.48. The van der Waals surface area contributed by atoms with Gasteiger partial charge in [0.15, 0.2) is 10.9 Å². The first kappa shape index (κ1) is 17.2. The molecule has 4 rings (SSSR count). The lowest BCUT2D eigenvalue weighted by atomic mass is 10.2. The van der Waals surface area contributed by atoms with E-state index in [9.17, 15) is 4.79 Å². The minimum Gasteiger partial charge on any atom is -0.303 e. The van der Waals surface area contributed by atoms with Crippen molar-refractivity contribution in [3.05, 3.63) is 61.6 Å². The summed E-state index contributed by atoms with van der Waals surface area (Å²) in [6.45, 7) is 0. The first-order valence-corrected chi connectivity index (χ1v) is 11.0. The van der Waals surface area contributed by atoms with E-state index in [4.69, 9.17) is 0 Å². The molecule has 0 amide bonds. The normalized spacial score (nSPS) is 14.0. The molecule has 7 heteroatoms. The Balaban J connectivity index is 1.48. The molecule has 4 nitrogen and oxygen atoms in total. The highest BCUT2D eigenvalue weighted by atomic mass is 127. The Bertz CT molecular complexity index is 870. The zero-order chi connectivity index (χ0) is 17.2. The van der Waals surface area contributed by atoms with Crippen LogP contribution in [0, 0.1) is 3.57 Å². The molecule has 1 aliphatic carbocycles. The topological polar surface area (TPSA) is 47.8 Å². The summed E-state index contributed by atoms with van der Waals surface area (Å²) in [6, 6.07) is 12.4. The number of thiophene rings is 1. The van der Waals surface area contributed by atoms with Crippen molar-refractivity contribution in [2.75, 3.05) is 5.75 Å². The highest BCUT2D eigenvalue weighted by Gasteiger charge is 2.30. The van der Waals surface area contributed by atoms with Crippen molar-refractivity contribution in [2.45, 2.75) is 30.5 Å². The van der Waals surface area contributed by atoms with Crippen molar-refractivity contribution in [2.24, 2.45) is 0 Å². The molecular weight excluding hydrogens is 465 g/mol. The summed E-state index contributed by atoms with van der Waals surface area (Å²) in [7, 11) is 0. The number of rotatable bonds is 7. The predicted octanol–water partition coefficient (Wildman–Crippen LogP) is 4.84. The van der Waals surface area contributed by atoms with Gasteiger partial charge in [-0.2, -0.15) is 0 Å². The van der Waals surface area contributed by atoms with E-state index in [0.29, 0.717) is 11.8 Å². The number of halogens is 1. The summed E-state index contributed by atoms with van der Waals surface area (Å²) in [6.07, 6.45) is 3.16. The van der Waals surface area contributed by atoms with Gasteiger partial charge in [-0.1, -0.05) is 30.0 Å². The third-order valence-corrected chi connectivity index (χ3v) is 6.60. The molecule has 0 aliphatic heterocycles. The molecule has 0 spiro atoms. The first-order valence-electron chi connectivity index (χ1n) is 8.08. The predicted molar refractivity (Wildman–Crippen MR) is 110 cm³/mol. The van der Waals surface area contributed by atoms with Crippen LogP contribution in [-0.4, -0.2) is 26.3 Å². The Hall–Kier alpha value is -1.19. The number of hydrogen-bond donors (Lipinski definition) is 0. The number of Topliss-reactive ketones (excluding diaryl/α,β-unsaturated/α-hetero) is 1. The first-order chi connectivity index (χ1) is 12.2. The lowest BCUT2D eigenvalue weighted by Gasteiger charge is -2.08. The van der Waals surface area contributed by atoms with Gasteiger partial charge in [-0.15, -0.1) is 21.5 Å². The van der Waals surface area contributed by atoms with E-state index in [1.165, 1.54) is 29.5 Å². The van der Waals surface area contributed by atoms with E-state index in [1.54, 1.807) is 11.3 Å². The Morgan fingerprint density at radius 3 is 2.72 bits per heavy atom. The minimum absolute atomic E-state index is 0.131. The maximum atomic E-state index is 12.4. The number of benzene rings is 1. The molecule has 0 atom stereocenters. The van der Waals surface area contributed by atoms with E-state index in [-0.39, 0.29) is 5.78 Å². The third-order valence-electron chi connectivity index (χ3n) is 4.06. The van der Waals surface area contributed by atoms with Crippen molar-refractivity contribution < 1.29 is 4.79 Å². The van der Waals surface area contributed by atoms with Gasteiger partial charge < -0.3 is 4.57 Å². The van der Waals surface area contributed by atoms with Gasteiger partial charge in [0.1, 0.15) is 5.82 Å². The summed E-state index contributed by atoms with van der Waals surface area (Å²) < 4.78 is 3.37. The van der Waals surface area contributed by atoms with Gasteiger partial charge in [0.25, 0.3) is 0 Å². The zero-order valence-electron chi connectivity index (χ0n) is 13.4. The molecule has 1 fully saturated rings. The number of carbonyl (C=O) groups is 1. The van der Waals surface area contributed by atoms with Crippen LogP contribution in [0.2, 0.25) is 0 Å². The van der Waals surface area contributed by atoms with Crippen molar-refractivity contribution in [3.8, 4) is 0 Å². The van der Waals surface area contributed by atoms with Gasteiger partial charge in [-0.3, -0.25) is 4.79 Å². The maximum Gasteiger partial charge on any atom is 0.191 e. The van der Waals surface area contributed by atoms with E-state index in [1.807, 2.05) is 24.3 Å². The molecule has 0 saturated heterocycles. The Morgan fingerprint density at radius 1 is 1.24 bits per heavy atom. The number of carbonyl (C=O) groups excluding carboxylic acids is 1.